The Bertz CT molecular complexity index is 967. The second-order valence-corrected chi connectivity index (χ2v) is 7.62. The maximum atomic E-state index is 5.97. The van der Waals surface area contributed by atoms with Crippen LogP contribution in [-0.4, -0.2) is 0 Å². The van der Waals surface area contributed by atoms with Crippen molar-refractivity contribution in [3.63, 3.8) is 0 Å². The van der Waals surface area contributed by atoms with E-state index in [1.165, 1.54) is 0 Å². The van der Waals surface area contributed by atoms with Gasteiger partial charge in [0.2, 0.25) is 0 Å². The molecule has 0 fully saturated rings. The predicted molar refractivity (Wildman–Crippen MR) is 121 cm³/mol. The number of ether oxygens (including phenoxy) is 3. The SMILES string of the molecule is Clc1ccc(Oc2cc(Oc3ccc(Cl)cc3)cc(Oc3ccc(Cl)cc3)c2)cc1. The molecule has 0 aromatic heterocycles. The number of halogens is 3. The summed E-state index contributed by atoms with van der Waals surface area (Å²) in [6, 6.07) is 26.6. The molecule has 0 N–H and O–H groups in total. The molecule has 0 aliphatic carbocycles. The molecule has 0 heterocycles. The predicted octanol–water partition coefficient (Wildman–Crippen LogP) is 9.02. The highest BCUT2D eigenvalue weighted by atomic mass is 35.5. The molecule has 0 radical (unpaired) electrons. The fourth-order valence-electron chi connectivity index (χ4n) is 2.64. The van der Waals surface area contributed by atoms with Crippen molar-refractivity contribution in [2.24, 2.45) is 0 Å². The van der Waals surface area contributed by atoms with Crippen molar-refractivity contribution >= 4 is 34.8 Å². The Morgan fingerprint density at radius 3 is 0.800 bits per heavy atom. The molecule has 0 aliphatic heterocycles. The molecule has 0 atom stereocenters. The van der Waals surface area contributed by atoms with Gasteiger partial charge in [-0.2, -0.15) is 0 Å². The lowest BCUT2D eigenvalue weighted by molar-refractivity contribution is 0.440. The molecule has 4 aromatic carbocycles. The molecule has 4 rings (SSSR count). The van der Waals surface area contributed by atoms with E-state index < -0.39 is 0 Å². The maximum absolute atomic E-state index is 5.97. The molecule has 0 aliphatic rings. The quantitative estimate of drug-likeness (QED) is 0.289. The number of hydrogen-bond donors (Lipinski definition) is 0. The van der Waals surface area contributed by atoms with Gasteiger partial charge in [0.1, 0.15) is 34.5 Å². The largest absolute Gasteiger partial charge is 0.457 e. The van der Waals surface area contributed by atoms with Gasteiger partial charge >= 0.3 is 0 Å². The Morgan fingerprint density at radius 1 is 0.333 bits per heavy atom. The summed E-state index contributed by atoms with van der Waals surface area (Å²) in [5.74, 6) is 3.56. The van der Waals surface area contributed by atoms with Gasteiger partial charge in [-0.05, 0) is 72.8 Å². The van der Waals surface area contributed by atoms with Crippen LogP contribution in [0.5, 0.6) is 34.5 Å². The van der Waals surface area contributed by atoms with Gasteiger partial charge in [-0.3, -0.25) is 0 Å². The Balaban J connectivity index is 1.64. The van der Waals surface area contributed by atoms with E-state index in [1.54, 1.807) is 91.0 Å². The first kappa shape index (κ1) is 20.4. The van der Waals surface area contributed by atoms with Crippen LogP contribution in [0, 0.1) is 0 Å². The third kappa shape index (κ3) is 5.61. The van der Waals surface area contributed by atoms with Gasteiger partial charge in [0.15, 0.2) is 0 Å². The van der Waals surface area contributed by atoms with E-state index in [1.807, 2.05) is 0 Å². The number of rotatable bonds is 6. The van der Waals surface area contributed by atoms with Gasteiger partial charge < -0.3 is 14.2 Å². The monoisotopic (exact) mass is 456 g/mol. The van der Waals surface area contributed by atoms with Crippen LogP contribution in [0.15, 0.2) is 91.0 Å². The lowest BCUT2D eigenvalue weighted by Crippen LogP contribution is -1.91. The highest BCUT2D eigenvalue weighted by Crippen LogP contribution is 2.36. The maximum Gasteiger partial charge on any atom is 0.134 e. The Kier molecular flexibility index (Phi) is 6.34. The molecule has 0 saturated heterocycles. The fourth-order valence-corrected chi connectivity index (χ4v) is 3.02. The molecule has 6 heteroatoms. The van der Waals surface area contributed by atoms with Crippen LogP contribution in [-0.2, 0) is 0 Å². The van der Waals surface area contributed by atoms with Gasteiger partial charge in [0.05, 0.1) is 0 Å². The Morgan fingerprint density at radius 2 is 0.567 bits per heavy atom. The van der Waals surface area contributed by atoms with Gasteiger partial charge in [0.25, 0.3) is 0 Å². The molecule has 0 unspecified atom stereocenters. The Hall–Kier alpha value is -2.85. The minimum absolute atomic E-state index is 0.549. The molecule has 4 aromatic rings. The zero-order valence-electron chi connectivity index (χ0n) is 15.5. The smallest absolute Gasteiger partial charge is 0.134 e. The summed E-state index contributed by atoms with van der Waals surface area (Å²) in [4.78, 5) is 0. The van der Waals surface area contributed by atoms with Crippen molar-refractivity contribution < 1.29 is 14.2 Å². The highest BCUT2D eigenvalue weighted by Gasteiger charge is 2.08. The zero-order chi connectivity index (χ0) is 20.9. The van der Waals surface area contributed by atoms with Crippen LogP contribution < -0.4 is 14.2 Å². The minimum Gasteiger partial charge on any atom is -0.457 e. The fraction of sp³-hybridized carbons (Fsp3) is 0. The van der Waals surface area contributed by atoms with Crippen LogP contribution in [0.1, 0.15) is 0 Å². The molecular formula is C24H15Cl3O3. The van der Waals surface area contributed by atoms with Crippen molar-refractivity contribution in [1.82, 2.24) is 0 Å². The zero-order valence-corrected chi connectivity index (χ0v) is 17.8. The first-order chi connectivity index (χ1) is 14.5. The third-order valence-electron chi connectivity index (χ3n) is 4.00. The molecule has 0 spiro atoms. The summed E-state index contributed by atoms with van der Waals surface area (Å²) >= 11 is 17.9. The van der Waals surface area contributed by atoms with Crippen LogP contribution in [0.3, 0.4) is 0 Å². The lowest BCUT2D eigenvalue weighted by atomic mass is 10.2. The highest BCUT2D eigenvalue weighted by molar-refractivity contribution is 6.31. The average Bonchev–Trinajstić information content (AvgIpc) is 2.73. The van der Waals surface area contributed by atoms with Crippen LogP contribution >= 0.6 is 34.8 Å². The topological polar surface area (TPSA) is 27.7 Å². The summed E-state index contributed by atoms with van der Waals surface area (Å²) in [5, 5.41) is 1.90. The molecule has 30 heavy (non-hydrogen) atoms. The van der Waals surface area contributed by atoms with E-state index in [0.717, 1.165) is 0 Å². The van der Waals surface area contributed by atoms with E-state index in [9.17, 15) is 0 Å². The van der Waals surface area contributed by atoms with Gasteiger partial charge in [-0.1, -0.05) is 34.8 Å². The van der Waals surface area contributed by atoms with Gasteiger partial charge in [-0.25, -0.2) is 0 Å². The second kappa shape index (κ2) is 9.31. The van der Waals surface area contributed by atoms with Crippen molar-refractivity contribution in [2.45, 2.75) is 0 Å². The number of benzene rings is 4. The summed E-state index contributed by atoms with van der Waals surface area (Å²) in [6.45, 7) is 0. The normalized spacial score (nSPS) is 10.5. The standard InChI is InChI=1S/C24H15Cl3O3/c25-16-1-7-19(8-2-16)28-22-13-23(29-20-9-3-17(26)4-10-20)15-24(14-22)30-21-11-5-18(27)6-12-21/h1-15H. The van der Waals surface area contributed by atoms with Crippen molar-refractivity contribution in [3.05, 3.63) is 106 Å². The van der Waals surface area contributed by atoms with Crippen molar-refractivity contribution in [1.29, 1.82) is 0 Å². The minimum atomic E-state index is 0.549. The van der Waals surface area contributed by atoms with Crippen molar-refractivity contribution in [2.75, 3.05) is 0 Å². The first-order valence-corrected chi connectivity index (χ1v) is 10.1. The van der Waals surface area contributed by atoms with Crippen LogP contribution in [0.25, 0.3) is 0 Å². The van der Waals surface area contributed by atoms with Gasteiger partial charge in [0, 0.05) is 33.3 Å². The molecule has 0 bridgehead atoms. The summed E-state index contributed by atoms with van der Waals surface area (Å²) in [6.07, 6.45) is 0. The molecule has 3 nitrogen and oxygen atoms in total. The van der Waals surface area contributed by atoms with Crippen molar-refractivity contribution in [3.8, 4) is 34.5 Å². The lowest BCUT2D eigenvalue weighted by Gasteiger charge is -2.13. The van der Waals surface area contributed by atoms with E-state index in [2.05, 4.69) is 0 Å². The summed E-state index contributed by atoms with van der Waals surface area (Å²) in [7, 11) is 0. The third-order valence-corrected chi connectivity index (χ3v) is 4.76. The average molecular weight is 458 g/mol. The molecule has 0 amide bonds. The van der Waals surface area contributed by atoms with E-state index in [-0.39, 0.29) is 0 Å². The molecular weight excluding hydrogens is 443 g/mol. The van der Waals surface area contributed by atoms with Crippen LogP contribution in [0.2, 0.25) is 15.1 Å². The summed E-state index contributed by atoms with van der Waals surface area (Å²) < 4.78 is 17.9. The number of hydrogen-bond acceptors (Lipinski definition) is 3. The van der Waals surface area contributed by atoms with E-state index >= 15 is 0 Å². The van der Waals surface area contributed by atoms with Gasteiger partial charge in [-0.15, -0.1) is 0 Å². The Labute approximate surface area is 189 Å². The molecule has 0 saturated carbocycles. The van der Waals surface area contributed by atoms with E-state index in [4.69, 9.17) is 49.0 Å². The van der Waals surface area contributed by atoms with E-state index in [0.29, 0.717) is 49.6 Å². The van der Waals surface area contributed by atoms with Crippen LogP contribution in [0.4, 0.5) is 0 Å². The second-order valence-electron chi connectivity index (χ2n) is 6.31. The first-order valence-electron chi connectivity index (χ1n) is 8.99. The summed E-state index contributed by atoms with van der Waals surface area (Å²) in [5.41, 5.74) is 0. The molecule has 150 valence electrons.